The molecule has 3 rings (SSSR count). The predicted molar refractivity (Wildman–Crippen MR) is 114 cm³/mol. The van der Waals surface area contributed by atoms with Crippen LogP contribution in [0.3, 0.4) is 0 Å². The van der Waals surface area contributed by atoms with Crippen molar-refractivity contribution in [1.29, 1.82) is 0 Å². The van der Waals surface area contributed by atoms with E-state index in [4.69, 9.17) is 0 Å². The maximum atomic E-state index is 12.7. The highest BCUT2D eigenvalue weighted by Crippen LogP contribution is 2.22. The largest absolute Gasteiger partial charge is 0.325 e. The normalized spacial score (nSPS) is 15.6. The summed E-state index contributed by atoms with van der Waals surface area (Å²) in [6, 6.07) is 15.8. The van der Waals surface area contributed by atoms with E-state index in [9.17, 15) is 9.59 Å². The Morgan fingerprint density at radius 2 is 1.61 bits per heavy atom. The Morgan fingerprint density at radius 1 is 1.00 bits per heavy atom. The Kier molecular flexibility index (Phi) is 6.63. The molecule has 0 bridgehead atoms. The molecule has 1 aliphatic heterocycles. The molecule has 4 nitrogen and oxygen atoms in total. The van der Waals surface area contributed by atoms with Crippen molar-refractivity contribution in [2.45, 2.75) is 39.5 Å². The van der Waals surface area contributed by atoms with E-state index < -0.39 is 0 Å². The van der Waals surface area contributed by atoms with Crippen LogP contribution >= 0.6 is 0 Å². The van der Waals surface area contributed by atoms with Crippen molar-refractivity contribution in [1.82, 2.24) is 4.90 Å². The Balaban J connectivity index is 1.46. The molecule has 28 heavy (non-hydrogen) atoms. The summed E-state index contributed by atoms with van der Waals surface area (Å²) in [5, 5.41) is 2.97. The Hall–Kier alpha value is -2.46. The smallest absolute Gasteiger partial charge is 0.238 e. The van der Waals surface area contributed by atoms with E-state index in [0.29, 0.717) is 12.5 Å². The third kappa shape index (κ3) is 5.29. The van der Waals surface area contributed by atoms with Gasteiger partial charge < -0.3 is 5.32 Å². The molecule has 0 unspecified atom stereocenters. The number of piperidine rings is 1. The first-order valence-corrected chi connectivity index (χ1v) is 10.2. The molecule has 1 N–H and O–H groups in total. The third-order valence-electron chi connectivity index (χ3n) is 5.52. The third-order valence-corrected chi connectivity index (χ3v) is 5.52. The predicted octanol–water partition coefficient (Wildman–Crippen LogP) is 4.65. The van der Waals surface area contributed by atoms with E-state index in [2.05, 4.69) is 36.2 Å². The summed E-state index contributed by atoms with van der Waals surface area (Å²) < 4.78 is 0. The summed E-state index contributed by atoms with van der Waals surface area (Å²) >= 11 is 0. The minimum atomic E-state index is 0.000563. The van der Waals surface area contributed by atoms with Crippen LogP contribution in [0.4, 0.5) is 5.69 Å². The minimum Gasteiger partial charge on any atom is -0.325 e. The van der Waals surface area contributed by atoms with Crippen LogP contribution in [0.15, 0.2) is 48.5 Å². The Labute approximate surface area is 167 Å². The summed E-state index contributed by atoms with van der Waals surface area (Å²) in [6.45, 7) is 8.26. The molecule has 148 valence electrons. The van der Waals surface area contributed by atoms with Gasteiger partial charge in [-0.2, -0.15) is 0 Å². The second-order valence-electron chi connectivity index (χ2n) is 8.11. The maximum absolute atomic E-state index is 12.7. The number of amides is 1. The number of carbonyl (C=O) groups is 2. The standard InChI is InChI=1S/C24H30N2O2/c1-17(2)19-8-10-22(11-9-19)25-23(27)16-26-14-12-21(13-15-26)24(28)20-6-4-18(3)5-7-20/h4-11,17,21H,12-16H2,1-3H3,(H,25,27). The average molecular weight is 379 g/mol. The lowest BCUT2D eigenvalue weighted by Gasteiger charge is -2.30. The molecule has 1 saturated heterocycles. The fraction of sp³-hybridized carbons (Fsp3) is 0.417. The number of carbonyl (C=O) groups excluding carboxylic acids is 2. The number of anilines is 1. The van der Waals surface area contributed by atoms with Gasteiger partial charge >= 0.3 is 0 Å². The van der Waals surface area contributed by atoms with Crippen molar-refractivity contribution >= 4 is 17.4 Å². The van der Waals surface area contributed by atoms with E-state index >= 15 is 0 Å². The van der Waals surface area contributed by atoms with Crippen LogP contribution in [0.1, 0.15) is 54.1 Å². The summed E-state index contributed by atoms with van der Waals surface area (Å²) in [4.78, 5) is 27.1. The number of nitrogens with one attached hydrogen (secondary N) is 1. The topological polar surface area (TPSA) is 49.4 Å². The molecule has 0 atom stereocenters. The second kappa shape index (κ2) is 9.16. The molecule has 4 heteroatoms. The molecule has 2 aromatic carbocycles. The lowest BCUT2D eigenvalue weighted by Crippen LogP contribution is -2.40. The van der Waals surface area contributed by atoms with E-state index in [1.807, 2.05) is 43.3 Å². The SMILES string of the molecule is Cc1ccc(C(=O)C2CCN(CC(=O)Nc3ccc(C(C)C)cc3)CC2)cc1. The van der Waals surface area contributed by atoms with Gasteiger partial charge in [-0.3, -0.25) is 14.5 Å². The Morgan fingerprint density at radius 3 is 2.18 bits per heavy atom. The van der Waals surface area contributed by atoms with Gasteiger partial charge in [0.1, 0.15) is 0 Å². The second-order valence-corrected chi connectivity index (χ2v) is 8.11. The van der Waals surface area contributed by atoms with Crippen LogP contribution in [-0.4, -0.2) is 36.2 Å². The molecule has 2 aromatic rings. The van der Waals surface area contributed by atoms with Crippen molar-refractivity contribution in [3.05, 3.63) is 65.2 Å². The van der Waals surface area contributed by atoms with Gasteiger partial charge in [0.15, 0.2) is 5.78 Å². The number of Topliss-reactive ketones (excluding diaryl/α,β-unsaturated/α-hetero) is 1. The van der Waals surface area contributed by atoms with E-state index in [0.717, 1.165) is 42.7 Å². The van der Waals surface area contributed by atoms with Crippen LogP contribution in [0.2, 0.25) is 0 Å². The van der Waals surface area contributed by atoms with Crippen LogP contribution in [0, 0.1) is 12.8 Å². The Bertz CT molecular complexity index is 802. The van der Waals surface area contributed by atoms with Gasteiger partial charge in [0.25, 0.3) is 0 Å². The fourth-order valence-electron chi connectivity index (χ4n) is 3.66. The van der Waals surface area contributed by atoms with Crippen LogP contribution < -0.4 is 5.32 Å². The number of aryl methyl sites for hydroxylation is 1. The van der Waals surface area contributed by atoms with Gasteiger partial charge in [0.2, 0.25) is 5.91 Å². The minimum absolute atomic E-state index is 0.000563. The number of rotatable bonds is 6. The summed E-state index contributed by atoms with van der Waals surface area (Å²) in [6.07, 6.45) is 1.62. The van der Waals surface area contributed by atoms with E-state index in [-0.39, 0.29) is 17.6 Å². The zero-order chi connectivity index (χ0) is 20.1. The first-order chi connectivity index (χ1) is 13.4. The van der Waals surface area contributed by atoms with Gasteiger partial charge in [-0.1, -0.05) is 55.8 Å². The zero-order valence-corrected chi connectivity index (χ0v) is 17.1. The van der Waals surface area contributed by atoms with Gasteiger partial charge in [0, 0.05) is 17.2 Å². The average Bonchev–Trinajstić information content (AvgIpc) is 2.69. The highest BCUT2D eigenvalue weighted by molar-refractivity contribution is 5.98. The number of likely N-dealkylation sites (tertiary alicyclic amines) is 1. The number of hydrogen-bond acceptors (Lipinski definition) is 3. The number of benzene rings is 2. The van der Waals surface area contributed by atoms with E-state index in [1.165, 1.54) is 5.56 Å². The maximum Gasteiger partial charge on any atom is 0.238 e. The quantitative estimate of drug-likeness (QED) is 0.744. The monoisotopic (exact) mass is 378 g/mol. The summed E-state index contributed by atoms with van der Waals surface area (Å²) in [5.41, 5.74) is 4.06. The van der Waals surface area contributed by atoms with Gasteiger partial charge in [0.05, 0.1) is 6.54 Å². The molecule has 0 saturated carbocycles. The van der Waals surface area contributed by atoms with E-state index in [1.54, 1.807) is 0 Å². The molecule has 0 spiro atoms. The molecule has 1 fully saturated rings. The lowest BCUT2D eigenvalue weighted by atomic mass is 9.88. The molecule has 1 aliphatic rings. The molecular formula is C24H30N2O2. The molecule has 0 aliphatic carbocycles. The molecular weight excluding hydrogens is 348 g/mol. The van der Waals surface area contributed by atoms with Gasteiger partial charge in [-0.15, -0.1) is 0 Å². The van der Waals surface area contributed by atoms with Crippen molar-refractivity contribution in [2.75, 3.05) is 25.0 Å². The van der Waals surface area contributed by atoms with Crippen molar-refractivity contribution < 1.29 is 9.59 Å². The number of nitrogens with zero attached hydrogens (tertiary/aromatic N) is 1. The lowest BCUT2D eigenvalue weighted by molar-refractivity contribution is -0.117. The molecule has 0 radical (unpaired) electrons. The van der Waals surface area contributed by atoms with Gasteiger partial charge in [-0.05, 0) is 56.5 Å². The van der Waals surface area contributed by atoms with Crippen molar-refractivity contribution in [3.8, 4) is 0 Å². The highest BCUT2D eigenvalue weighted by Gasteiger charge is 2.26. The van der Waals surface area contributed by atoms with Crippen molar-refractivity contribution in [2.24, 2.45) is 5.92 Å². The molecule has 1 heterocycles. The van der Waals surface area contributed by atoms with Crippen molar-refractivity contribution in [3.63, 3.8) is 0 Å². The highest BCUT2D eigenvalue weighted by atomic mass is 16.2. The molecule has 0 aromatic heterocycles. The fourth-order valence-corrected chi connectivity index (χ4v) is 3.66. The number of ketones is 1. The first-order valence-electron chi connectivity index (χ1n) is 10.2. The van der Waals surface area contributed by atoms with Crippen LogP contribution in [0.25, 0.3) is 0 Å². The summed E-state index contributed by atoms with van der Waals surface area (Å²) in [7, 11) is 0. The molecule has 1 amide bonds. The van der Waals surface area contributed by atoms with Crippen LogP contribution in [-0.2, 0) is 4.79 Å². The first kappa shape index (κ1) is 20.3. The number of hydrogen-bond donors (Lipinski definition) is 1. The van der Waals surface area contributed by atoms with Gasteiger partial charge in [-0.25, -0.2) is 0 Å². The summed E-state index contributed by atoms with van der Waals surface area (Å²) in [5.74, 6) is 0.772. The zero-order valence-electron chi connectivity index (χ0n) is 17.1. The van der Waals surface area contributed by atoms with Crippen LogP contribution in [0.5, 0.6) is 0 Å².